The lowest BCUT2D eigenvalue weighted by Gasteiger charge is -2.28. The molecule has 3 heteroatoms. The zero-order chi connectivity index (χ0) is 33.9. The quantitative estimate of drug-likeness (QED) is 0.182. The molecule has 0 amide bonds. The van der Waals surface area contributed by atoms with E-state index in [4.69, 9.17) is 9.97 Å². The van der Waals surface area contributed by atoms with Gasteiger partial charge in [-0.15, -0.1) is 11.3 Å². The Balaban J connectivity index is 1.12. The molecule has 240 valence electrons. The molecule has 0 N–H and O–H groups in total. The van der Waals surface area contributed by atoms with Crippen molar-refractivity contribution in [1.29, 1.82) is 0 Å². The highest BCUT2D eigenvalue weighted by molar-refractivity contribution is 7.26. The Morgan fingerprint density at radius 1 is 0.431 bits per heavy atom. The Labute approximate surface area is 301 Å². The molecular formula is C48H32N2S. The molecule has 0 saturated carbocycles. The largest absolute Gasteiger partial charge is 0.228 e. The molecular weight excluding hydrogens is 637 g/mol. The van der Waals surface area contributed by atoms with Crippen molar-refractivity contribution >= 4 is 31.5 Å². The number of nitrogens with zero attached hydrogens (tertiary/aromatic N) is 2. The van der Waals surface area contributed by atoms with Crippen molar-refractivity contribution in [3.05, 3.63) is 193 Å². The third-order valence-electron chi connectivity index (χ3n) is 10.6. The predicted molar refractivity (Wildman–Crippen MR) is 214 cm³/mol. The van der Waals surface area contributed by atoms with Gasteiger partial charge in [-0.05, 0) is 70.1 Å². The topological polar surface area (TPSA) is 25.8 Å². The zero-order valence-electron chi connectivity index (χ0n) is 28.0. The maximum atomic E-state index is 5.20. The first-order valence-corrected chi connectivity index (χ1v) is 18.2. The van der Waals surface area contributed by atoms with E-state index in [1.54, 1.807) is 0 Å². The van der Waals surface area contributed by atoms with E-state index in [2.05, 4.69) is 165 Å². The van der Waals surface area contributed by atoms with Crippen LogP contribution in [-0.2, 0) is 5.41 Å². The molecule has 9 aromatic rings. The van der Waals surface area contributed by atoms with Gasteiger partial charge < -0.3 is 0 Å². The Hall–Kier alpha value is -6.16. The Kier molecular flexibility index (Phi) is 6.83. The summed E-state index contributed by atoms with van der Waals surface area (Å²) in [7, 11) is 0. The monoisotopic (exact) mass is 668 g/mol. The van der Waals surface area contributed by atoms with Gasteiger partial charge in [-0.25, -0.2) is 9.97 Å². The van der Waals surface area contributed by atoms with Crippen LogP contribution in [0.15, 0.2) is 176 Å². The van der Waals surface area contributed by atoms with E-state index in [1.807, 2.05) is 29.5 Å². The number of fused-ring (bicyclic) bond motifs is 6. The molecule has 0 spiro atoms. The average Bonchev–Trinajstić information content (AvgIpc) is 3.72. The van der Waals surface area contributed by atoms with E-state index in [1.165, 1.54) is 53.6 Å². The minimum atomic E-state index is -0.249. The average molecular weight is 669 g/mol. The second-order valence-corrected chi connectivity index (χ2v) is 14.5. The summed E-state index contributed by atoms with van der Waals surface area (Å²) in [6, 6.07) is 63.3. The third-order valence-corrected chi connectivity index (χ3v) is 11.8. The van der Waals surface area contributed by atoms with Gasteiger partial charge in [0.05, 0.1) is 11.4 Å². The molecule has 1 unspecified atom stereocenters. The molecule has 2 heterocycles. The van der Waals surface area contributed by atoms with Crippen molar-refractivity contribution in [2.24, 2.45) is 0 Å². The summed E-state index contributed by atoms with van der Waals surface area (Å²) in [5.41, 5.74) is 13.7. The molecule has 0 saturated heterocycles. The fourth-order valence-electron chi connectivity index (χ4n) is 8.01. The summed E-state index contributed by atoms with van der Waals surface area (Å²) in [5.74, 6) is 0.723. The van der Waals surface area contributed by atoms with Crippen LogP contribution in [0.4, 0.5) is 0 Å². The van der Waals surface area contributed by atoms with E-state index >= 15 is 0 Å². The number of benzene rings is 7. The van der Waals surface area contributed by atoms with Crippen molar-refractivity contribution in [3.8, 4) is 56.2 Å². The number of hydrogen-bond acceptors (Lipinski definition) is 3. The normalized spacial score (nSPS) is 14.8. The van der Waals surface area contributed by atoms with Gasteiger partial charge >= 0.3 is 0 Å². The standard InChI is InChI=1S/C48H32N2S/c1-48(35-18-6-3-7-19-35)41-24-10-8-20-36(41)37-27-26-33(29-42(37)48)32-16-12-17-34(28-32)43-30-44(50-47(49-43)31-14-4-2-5-15-31)40-23-13-22-39-38-21-9-11-25-45(38)51-46(39)40/h2-30H,1H3. The minimum absolute atomic E-state index is 0.249. The van der Waals surface area contributed by atoms with Crippen LogP contribution >= 0.6 is 11.3 Å². The molecule has 1 aliphatic rings. The highest BCUT2D eigenvalue weighted by Crippen LogP contribution is 2.53. The molecule has 0 bridgehead atoms. The smallest absolute Gasteiger partial charge is 0.160 e. The van der Waals surface area contributed by atoms with Crippen molar-refractivity contribution < 1.29 is 0 Å². The fourth-order valence-corrected chi connectivity index (χ4v) is 9.24. The Morgan fingerprint density at radius 2 is 1.06 bits per heavy atom. The summed E-state index contributed by atoms with van der Waals surface area (Å²) >= 11 is 1.83. The first-order valence-electron chi connectivity index (χ1n) is 17.4. The van der Waals surface area contributed by atoms with Crippen LogP contribution in [0.5, 0.6) is 0 Å². The SMILES string of the molecule is CC1(c2ccccc2)c2ccccc2-c2ccc(-c3cccc(-c4cc(-c5cccc6c5sc5ccccc56)nc(-c5ccccc5)n4)c3)cc21. The number of hydrogen-bond donors (Lipinski definition) is 0. The second-order valence-electron chi connectivity index (χ2n) is 13.5. The van der Waals surface area contributed by atoms with E-state index in [0.717, 1.165) is 39.5 Å². The molecule has 1 aliphatic carbocycles. The van der Waals surface area contributed by atoms with Gasteiger partial charge in [0.25, 0.3) is 0 Å². The fraction of sp³-hybridized carbons (Fsp3) is 0.0417. The van der Waals surface area contributed by atoms with Crippen molar-refractivity contribution in [1.82, 2.24) is 9.97 Å². The van der Waals surface area contributed by atoms with Gasteiger partial charge in [0, 0.05) is 42.3 Å². The van der Waals surface area contributed by atoms with E-state index < -0.39 is 0 Å². The summed E-state index contributed by atoms with van der Waals surface area (Å²) in [6.45, 7) is 2.37. The Bertz CT molecular complexity index is 2760. The van der Waals surface area contributed by atoms with Gasteiger partial charge in [-0.2, -0.15) is 0 Å². The number of rotatable bonds is 5. The zero-order valence-corrected chi connectivity index (χ0v) is 28.9. The van der Waals surface area contributed by atoms with Gasteiger partial charge in [-0.1, -0.05) is 152 Å². The molecule has 0 radical (unpaired) electrons. The highest BCUT2D eigenvalue weighted by Gasteiger charge is 2.40. The molecule has 0 aliphatic heterocycles. The van der Waals surface area contributed by atoms with Crippen LogP contribution in [-0.4, -0.2) is 9.97 Å². The summed E-state index contributed by atoms with van der Waals surface area (Å²) in [5, 5.41) is 2.54. The van der Waals surface area contributed by atoms with Gasteiger partial charge in [0.2, 0.25) is 0 Å². The maximum Gasteiger partial charge on any atom is 0.160 e. The second kappa shape index (κ2) is 11.7. The van der Waals surface area contributed by atoms with E-state index in [-0.39, 0.29) is 5.41 Å². The number of thiophene rings is 1. The van der Waals surface area contributed by atoms with Crippen molar-refractivity contribution in [2.75, 3.05) is 0 Å². The molecule has 7 aromatic carbocycles. The third kappa shape index (κ3) is 4.77. The van der Waals surface area contributed by atoms with Gasteiger partial charge in [0.15, 0.2) is 5.82 Å². The highest BCUT2D eigenvalue weighted by atomic mass is 32.1. The van der Waals surface area contributed by atoms with Crippen LogP contribution in [0.2, 0.25) is 0 Å². The van der Waals surface area contributed by atoms with Gasteiger partial charge in [0.1, 0.15) is 0 Å². The molecule has 2 nitrogen and oxygen atoms in total. The lowest BCUT2D eigenvalue weighted by atomic mass is 9.74. The summed E-state index contributed by atoms with van der Waals surface area (Å²) in [4.78, 5) is 10.4. The molecule has 0 fully saturated rings. The maximum absolute atomic E-state index is 5.20. The van der Waals surface area contributed by atoms with E-state index in [0.29, 0.717) is 0 Å². The van der Waals surface area contributed by atoms with Crippen LogP contribution in [0.1, 0.15) is 23.6 Å². The van der Waals surface area contributed by atoms with Gasteiger partial charge in [-0.3, -0.25) is 0 Å². The molecule has 2 aromatic heterocycles. The molecule has 51 heavy (non-hydrogen) atoms. The minimum Gasteiger partial charge on any atom is -0.228 e. The lowest BCUT2D eigenvalue weighted by molar-refractivity contribution is 0.714. The van der Waals surface area contributed by atoms with Crippen LogP contribution in [0.25, 0.3) is 76.3 Å². The number of aromatic nitrogens is 2. The van der Waals surface area contributed by atoms with Crippen LogP contribution in [0, 0.1) is 0 Å². The first kappa shape index (κ1) is 29.7. The lowest BCUT2D eigenvalue weighted by Crippen LogP contribution is -2.22. The first-order chi connectivity index (χ1) is 25.1. The molecule has 1 atom stereocenters. The van der Waals surface area contributed by atoms with Crippen molar-refractivity contribution in [2.45, 2.75) is 12.3 Å². The molecule has 10 rings (SSSR count). The Morgan fingerprint density at radius 3 is 1.94 bits per heavy atom. The summed E-state index contributed by atoms with van der Waals surface area (Å²) < 4.78 is 2.53. The predicted octanol–water partition coefficient (Wildman–Crippen LogP) is 12.8. The van der Waals surface area contributed by atoms with Crippen LogP contribution in [0.3, 0.4) is 0 Å². The summed E-state index contributed by atoms with van der Waals surface area (Å²) in [6.07, 6.45) is 0. The van der Waals surface area contributed by atoms with Crippen molar-refractivity contribution in [3.63, 3.8) is 0 Å². The van der Waals surface area contributed by atoms with Crippen LogP contribution < -0.4 is 0 Å². The van der Waals surface area contributed by atoms with E-state index in [9.17, 15) is 0 Å².